The normalized spacial score (nSPS) is 10.2. The molecule has 1 heterocycles. The summed E-state index contributed by atoms with van der Waals surface area (Å²) in [6.45, 7) is 0.381. The van der Waals surface area contributed by atoms with E-state index in [4.69, 9.17) is 4.74 Å². The van der Waals surface area contributed by atoms with E-state index >= 15 is 0 Å². The molecular formula is C22H24N4O2. The maximum atomic E-state index is 12.5. The Morgan fingerprint density at radius 2 is 1.79 bits per heavy atom. The molecule has 0 fully saturated rings. The third kappa shape index (κ3) is 4.79. The summed E-state index contributed by atoms with van der Waals surface area (Å²) in [6.07, 6.45) is 3.24. The number of ether oxygens (including phenoxy) is 1. The molecule has 0 aliphatic heterocycles. The lowest BCUT2D eigenvalue weighted by atomic mass is 10.2. The molecule has 0 radical (unpaired) electrons. The van der Waals surface area contributed by atoms with Gasteiger partial charge in [-0.1, -0.05) is 18.2 Å². The van der Waals surface area contributed by atoms with Gasteiger partial charge in [0.1, 0.15) is 5.75 Å². The summed E-state index contributed by atoms with van der Waals surface area (Å²) in [5.41, 5.74) is 4.21. The van der Waals surface area contributed by atoms with Crippen LogP contribution in [0.15, 0.2) is 67.0 Å². The zero-order chi connectivity index (χ0) is 19.9. The van der Waals surface area contributed by atoms with Crippen molar-refractivity contribution in [2.75, 3.05) is 31.4 Å². The van der Waals surface area contributed by atoms with Crippen molar-refractivity contribution in [1.82, 2.24) is 10.3 Å². The average Bonchev–Trinajstić information content (AvgIpc) is 2.72. The first-order chi connectivity index (χ1) is 13.6. The van der Waals surface area contributed by atoms with E-state index in [-0.39, 0.29) is 5.91 Å². The molecule has 3 aromatic rings. The number of amides is 1. The summed E-state index contributed by atoms with van der Waals surface area (Å²) in [5.74, 6) is 0.558. The number of para-hydroxylation sites is 1. The van der Waals surface area contributed by atoms with Crippen molar-refractivity contribution >= 4 is 23.0 Å². The van der Waals surface area contributed by atoms with Crippen LogP contribution in [-0.2, 0) is 6.54 Å². The molecule has 0 bridgehead atoms. The number of anilines is 3. The van der Waals surface area contributed by atoms with E-state index in [0.29, 0.717) is 12.1 Å². The van der Waals surface area contributed by atoms with Gasteiger partial charge in [-0.3, -0.25) is 9.78 Å². The quantitative estimate of drug-likeness (QED) is 0.656. The van der Waals surface area contributed by atoms with Crippen LogP contribution in [0.4, 0.5) is 17.1 Å². The molecular weight excluding hydrogens is 352 g/mol. The molecule has 6 heteroatoms. The lowest BCUT2D eigenvalue weighted by Crippen LogP contribution is -2.23. The number of pyridine rings is 1. The van der Waals surface area contributed by atoms with Crippen molar-refractivity contribution in [3.05, 3.63) is 78.1 Å². The molecule has 0 aliphatic carbocycles. The summed E-state index contributed by atoms with van der Waals surface area (Å²) in [5, 5.41) is 6.19. The summed E-state index contributed by atoms with van der Waals surface area (Å²) >= 11 is 0. The standard InChI is InChI=1S/C22H24N4O2/c1-26(2)20-10-8-18(9-11-20)25-19-12-17(13-23-15-19)22(27)24-14-16-6-4-5-7-21(16)28-3/h4-13,15,25H,14H2,1-3H3,(H,24,27). The second-order valence-electron chi connectivity index (χ2n) is 6.52. The first-order valence-corrected chi connectivity index (χ1v) is 8.96. The van der Waals surface area contributed by atoms with E-state index in [2.05, 4.69) is 15.6 Å². The summed E-state index contributed by atoms with van der Waals surface area (Å²) < 4.78 is 5.32. The molecule has 1 amide bonds. The number of carbonyl (C=O) groups excluding carboxylic acids is 1. The van der Waals surface area contributed by atoms with Gasteiger partial charge in [0, 0.05) is 43.8 Å². The molecule has 6 nitrogen and oxygen atoms in total. The largest absolute Gasteiger partial charge is 0.496 e. The molecule has 0 saturated heterocycles. The third-order valence-electron chi connectivity index (χ3n) is 4.30. The molecule has 0 saturated carbocycles. The van der Waals surface area contributed by atoms with Gasteiger partial charge in [-0.15, -0.1) is 0 Å². The first kappa shape index (κ1) is 19.2. The average molecular weight is 376 g/mol. The Morgan fingerprint density at radius 1 is 1.04 bits per heavy atom. The smallest absolute Gasteiger partial charge is 0.253 e. The highest BCUT2D eigenvalue weighted by atomic mass is 16.5. The van der Waals surface area contributed by atoms with Crippen molar-refractivity contribution < 1.29 is 9.53 Å². The number of methoxy groups -OCH3 is 1. The fourth-order valence-electron chi connectivity index (χ4n) is 2.77. The van der Waals surface area contributed by atoms with Crippen LogP contribution in [0.3, 0.4) is 0 Å². The third-order valence-corrected chi connectivity index (χ3v) is 4.30. The van der Waals surface area contributed by atoms with Crippen LogP contribution in [0.25, 0.3) is 0 Å². The predicted octanol–water partition coefficient (Wildman–Crippen LogP) is 3.83. The number of nitrogens with zero attached hydrogens (tertiary/aromatic N) is 2. The van der Waals surface area contributed by atoms with Crippen LogP contribution in [-0.4, -0.2) is 32.1 Å². The first-order valence-electron chi connectivity index (χ1n) is 8.96. The number of hydrogen-bond acceptors (Lipinski definition) is 5. The van der Waals surface area contributed by atoms with Crippen molar-refractivity contribution in [3.63, 3.8) is 0 Å². The number of hydrogen-bond donors (Lipinski definition) is 2. The highest BCUT2D eigenvalue weighted by molar-refractivity contribution is 5.94. The predicted molar refractivity (Wildman–Crippen MR) is 112 cm³/mol. The van der Waals surface area contributed by atoms with Crippen molar-refractivity contribution in [1.29, 1.82) is 0 Å². The van der Waals surface area contributed by atoms with Gasteiger partial charge in [0.05, 0.1) is 24.6 Å². The number of nitrogens with one attached hydrogen (secondary N) is 2. The molecule has 3 rings (SSSR count). The van der Waals surface area contributed by atoms with Crippen molar-refractivity contribution in [3.8, 4) is 5.75 Å². The Kier molecular flexibility index (Phi) is 6.11. The molecule has 0 atom stereocenters. The van der Waals surface area contributed by atoms with E-state index in [1.807, 2.05) is 67.5 Å². The van der Waals surface area contributed by atoms with E-state index in [0.717, 1.165) is 28.4 Å². The van der Waals surface area contributed by atoms with E-state index in [1.54, 1.807) is 25.6 Å². The molecule has 2 aromatic carbocycles. The van der Waals surface area contributed by atoms with Gasteiger partial charge in [-0.2, -0.15) is 0 Å². The van der Waals surface area contributed by atoms with E-state index < -0.39 is 0 Å². The molecule has 2 N–H and O–H groups in total. The Balaban J connectivity index is 1.66. The zero-order valence-electron chi connectivity index (χ0n) is 16.3. The monoisotopic (exact) mass is 376 g/mol. The van der Waals surface area contributed by atoms with Crippen LogP contribution in [0.5, 0.6) is 5.75 Å². The van der Waals surface area contributed by atoms with E-state index in [1.165, 1.54) is 0 Å². The van der Waals surface area contributed by atoms with Crippen LogP contribution < -0.4 is 20.3 Å². The lowest BCUT2D eigenvalue weighted by Gasteiger charge is -2.13. The zero-order valence-corrected chi connectivity index (χ0v) is 16.3. The van der Waals surface area contributed by atoms with Gasteiger partial charge in [0.2, 0.25) is 0 Å². The molecule has 144 valence electrons. The SMILES string of the molecule is COc1ccccc1CNC(=O)c1cncc(Nc2ccc(N(C)C)cc2)c1. The van der Waals surface area contributed by atoms with Gasteiger partial charge in [-0.25, -0.2) is 0 Å². The van der Waals surface area contributed by atoms with Crippen LogP contribution >= 0.6 is 0 Å². The molecule has 1 aromatic heterocycles. The topological polar surface area (TPSA) is 66.5 Å². The minimum atomic E-state index is -0.190. The second-order valence-corrected chi connectivity index (χ2v) is 6.52. The molecule has 0 spiro atoms. The van der Waals surface area contributed by atoms with E-state index in [9.17, 15) is 4.79 Å². The lowest BCUT2D eigenvalue weighted by molar-refractivity contribution is 0.0950. The number of carbonyl (C=O) groups is 1. The summed E-state index contributed by atoms with van der Waals surface area (Å²) in [6, 6.07) is 17.4. The Labute approximate surface area is 165 Å². The molecule has 0 unspecified atom stereocenters. The van der Waals surface area contributed by atoms with Crippen molar-refractivity contribution in [2.45, 2.75) is 6.54 Å². The highest BCUT2D eigenvalue weighted by Crippen LogP contribution is 2.21. The number of aromatic nitrogens is 1. The number of rotatable bonds is 7. The summed E-state index contributed by atoms with van der Waals surface area (Å²) in [7, 11) is 5.61. The Hall–Kier alpha value is -3.54. The molecule has 0 aliphatic rings. The maximum Gasteiger partial charge on any atom is 0.253 e. The van der Waals surface area contributed by atoms with Gasteiger partial charge in [-0.05, 0) is 36.4 Å². The van der Waals surface area contributed by atoms with Crippen LogP contribution in [0, 0.1) is 0 Å². The van der Waals surface area contributed by atoms with Gasteiger partial charge >= 0.3 is 0 Å². The van der Waals surface area contributed by atoms with Crippen LogP contribution in [0.2, 0.25) is 0 Å². The van der Waals surface area contributed by atoms with Crippen molar-refractivity contribution in [2.24, 2.45) is 0 Å². The molecule has 28 heavy (non-hydrogen) atoms. The summed E-state index contributed by atoms with van der Waals surface area (Å²) in [4.78, 5) is 18.7. The minimum absolute atomic E-state index is 0.190. The van der Waals surface area contributed by atoms with Gasteiger partial charge < -0.3 is 20.3 Å². The Morgan fingerprint density at radius 3 is 2.50 bits per heavy atom. The Bertz CT molecular complexity index is 939. The van der Waals surface area contributed by atoms with Crippen LogP contribution in [0.1, 0.15) is 15.9 Å². The number of benzene rings is 2. The van der Waals surface area contributed by atoms with Gasteiger partial charge in [0.25, 0.3) is 5.91 Å². The fourth-order valence-corrected chi connectivity index (χ4v) is 2.77. The second kappa shape index (κ2) is 8.90. The highest BCUT2D eigenvalue weighted by Gasteiger charge is 2.09. The maximum absolute atomic E-state index is 12.5. The fraction of sp³-hybridized carbons (Fsp3) is 0.182. The minimum Gasteiger partial charge on any atom is -0.496 e. The van der Waals surface area contributed by atoms with Gasteiger partial charge in [0.15, 0.2) is 0 Å².